The number of hydrogen-bond acceptors (Lipinski definition) is 5. The number of pyridine rings is 1. The minimum Gasteiger partial charge on any atom is -0.385 e. The summed E-state index contributed by atoms with van der Waals surface area (Å²) >= 11 is 5.79. The number of morpholine rings is 1. The van der Waals surface area contributed by atoms with Crippen LogP contribution in [0.3, 0.4) is 0 Å². The van der Waals surface area contributed by atoms with E-state index in [4.69, 9.17) is 21.7 Å². The van der Waals surface area contributed by atoms with Crippen molar-refractivity contribution in [1.82, 2.24) is 24.7 Å². The normalized spacial score (nSPS) is 21.5. The van der Waals surface area contributed by atoms with E-state index in [1.54, 1.807) is 7.11 Å². The first-order chi connectivity index (χ1) is 16.1. The van der Waals surface area contributed by atoms with E-state index in [-0.39, 0.29) is 12.1 Å². The third kappa shape index (κ3) is 5.57. The van der Waals surface area contributed by atoms with E-state index in [1.807, 2.05) is 18.3 Å². The van der Waals surface area contributed by atoms with Gasteiger partial charge in [0.15, 0.2) is 5.11 Å². The summed E-state index contributed by atoms with van der Waals surface area (Å²) in [6.07, 6.45) is 3.93. The highest BCUT2D eigenvalue weighted by molar-refractivity contribution is 7.80. The summed E-state index contributed by atoms with van der Waals surface area (Å²) in [4.78, 5) is 9.50. The van der Waals surface area contributed by atoms with Crippen LogP contribution in [-0.4, -0.2) is 77.6 Å². The Morgan fingerprint density at radius 2 is 1.97 bits per heavy atom. The molecule has 2 aromatic heterocycles. The van der Waals surface area contributed by atoms with Crippen LogP contribution < -0.4 is 5.32 Å². The fraction of sp³-hybridized carbons (Fsp3) is 0.600. The summed E-state index contributed by atoms with van der Waals surface area (Å²) in [5.41, 5.74) is 4.98. The Kier molecular flexibility index (Phi) is 8.35. The molecular weight excluding hydrogens is 434 g/mol. The van der Waals surface area contributed by atoms with Crippen molar-refractivity contribution in [2.24, 2.45) is 0 Å². The zero-order valence-corrected chi connectivity index (χ0v) is 20.9. The molecule has 0 aliphatic carbocycles. The average Bonchev–Trinajstić information content (AvgIpc) is 3.31. The van der Waals surface area contributed by atoms with Gasteiger partial charge in [-0.1, -0.05) is 6.07 Å². The largest absolute Gasteiger partial charge is 0.385 e. The van der Waals surface area contributed by atoms with Crippen molar-refractivity contribution in [3.8, 4) is 0 Å². The predicted octanol–water partition coefficient (Wildman–Crippen LogP) is 3.23. The highest BCUT2D eigenvalue weighted by atomic mass is 32.1. The lowest BCUT2D eigenvalue weighted by atomic mass is 9.96. The van der Waals surface area contributed by atoms with Crippen LogP contribution in [0.2, 0.25) is 0 Å². The van der Waals surface area contributed by atoms with Gasteiger partial charge in [-0.25, -0.2) is 0 Å². The molecular formula is C25H37N5O2S. The average molecular weight is 472 g/mol. The zero-order valence-electron chi connectivity index (χ0n) is 20.1. The van der Waals surface area contributed by atoms with Gasteiger partial charge in [0.25, 0.3) is 0 Å². The van der Waals surface area contributed by atoms with Gasteiger partial charge in [0.05, 0.1) is 31.0 Å². The Morgan fingerprint density at radius 1 is 1.15 bits per heavy atom. The highest BCUT2D eigenvalue weighted by Gasteiger charge is 2.41. The lowest BCUT2D eigenvalue weighted by Gasteiger charge is -2.28. The summed E-state index contributed by atoms with van der Waals surface area (Å²) in [6, 6.07) is 8.60. The van der Waals surface area contributed by atoms with Crippen molar-refractivity contribution in [3.63, 3.8) is 0 Å². The summed E-state index contributed by atoms with van der Waals surface area (Å²) < 4.78 is 13.3. The summed E-state index contributed by atoms with van der Waals surface area (Å²) in [7, 11) is 1.75. The molecule has 2 atom stereocenters. The Morgan fingerprint density at radius 3 is 2.70 bits per heavy atom. The molecule has 0 amide bonds. The van der Waals surface area contributed by atoms with Crippen LogP contribution in [-0.2, 0) is 16.0 Å². The first-order valence-electron chi connectivity index (χ1n) is 12.0. The van der Waals surface area contributed by atoms with E-state index in [0.717, 1.165) is 76.2 Å². The SMILES string of the molecule is COCCCN1C(=S)N[C@@H](c2ccccn2)[C@@H]1c1cc(C)n(CCCN2CCOCC2)c1C. The number of hydrogen-bond donors (Lipinski definition) is 1. The van der Waals surface area contributed by atoms with Crippen molar-refractivity contribution in [2.45, 2.75) is 45.3 Å². The van der Waals surface area contributed by atoms with Gasteiger partial charge in [0.2, 0.25) is 0 Å². The van der Waals surface area contributed by atoms with Gasteiger partial charge in [0, 0.05) is 64.0 Å². The topological polar surface area (TPSA) is 54.8 Å². The molecule has 33 heavy (non-hydrogen) atoms. The summed E-state index contributed by atoms with van der Waals surface area (Å²) in [5, 5.41) is 4.36. The van der Waals surface area contributed by atoms with E-state index in [0.29, 0.717) is 0 Å². The Hall–Kier alpha value is -2.00. The highest BCUT2D eigenvalue weighted by Crippen LogP contribution is 2.40. The molecule has 0 aromatic carbocycles. The van der Waals surface area contributed by atoms with Crippen LogP contribution >= 0.6 is 12.2 Å². The molecule has 2 saturated heterocycles. The van der Waals surface area contributed by atoms with Gasteiger partial charge in [-0.15, -0.1) is 0 Å². The maximum absolute atomic E-state index is 5.79. The van der Waals surface area contributed by atoms with Gasteiger partial charge >= 0.3 is 0 Å². The molecule has 4 heterocycles. The monoisotopic (exact) mass is 471 g/mol. The van der Waals surface area contributed by atoms with Crippen LogP contribution in [0.1, 0.15) is 47.6 Å². The van der Waals surface area contributed by atoms with E-state index in [1.165, 1.54) is 17.0 Å². The second-order valence-electron chi connectivity index (χ2n) is 8.95. The number of ether oxygens (including phenoxy) is 2. The van der Waals surface area contributed by atoms with Crippen LogP contribution in [0, 0.1) is 13.8 Å². The second-order valence-corrected chi connectivity index (χ2v) is 9.34. The first kappa shape index (κ1) is 24.1. The minimum absolute atomic E-state index is 0.0311. The van der Waals surface area contributed by atoms with E-state index in [2.05, 4.69) is 50.6 Å². The van der Waals surface area contributed by atoms with Gasteiger partial charge in [0.1, 0.15) is 0 Å². The van der Waals surface area contributed by atoms with E-state index >= 15 is 0 Å². The van der Waals surface area contributed by atoms with E-state index in [9.17, 15) is 0 Å². The molecule has 0 bridgehead atoms. The van der Waals surface area contributed by atoms with E-state index < -0.39 is 0 Å². The van der Waals surface area contributed by atoms with Crippen molar-refractivity contribution in [2.75, 3.05) is 53.1 Å². The first-order valence-corrected chi connectivity index (χ1v) is 12.4. The Balaban J connectivity index is 1.56. The smallest absolute Gasteiger partial charge is 0.170 e. The molecule has 4 rings (SSSR count). The predicted molar refractivity (Wildman–Crippen MR) is 134 cm³/mol. The maximum Gasteiger partial charge on any atom is 0.170 e. The number of aryl methyl sites for hydroxylation is 1. The number of nitrogens with zero attached hydrogens (tertiary/aromatic N) is 4. The van der Waals surface area contributed by atoms with Gasteiger partial charge in [-0.2, -0.15) is 0 Å². The van der Waals surface area contributed by atoms with Crippen LogP contribution in [0.25, 0.3) is 0 Å². The van der Waals surface area contributed by atoms with Crippen molar-refractivity contribution in [3.05, 3.63) is 53.1 Å². The molecule has 2 aliphatic rings. The lowest BCUT2D eigenvalue weighted by Crippen LogP contribution is -2.37. The summed E-state index contributed by atoms with van der Waals surface area (Å²) in [5.74, 6) is 0. The van der Waals surface area contributed by atoms with Crippen LogP contribution in [0.4, 0.5) is 0 Å². The van der Waals surface area contributed by atoms with Crippen LogP contribution in [0.15, 0.2) is 30.5 Å². The molecule has 7 nitrogen and oxygen atoms in total. The molecule has 0 unspecified atom stereocenters. The zero-order chi connectivity index (χ0) is 23.2. The molecule has 0 saturated carbocycles. The number of nitrogens with one attached hydrogen (secondary N) is 1. The van der Waals surface area contributed by atoms with Crippen LogP contribution in [0.5, 0.6) is 0 Å². The van der Waals surface area contributed by atoms with Gasteiger partial charge in [-0.3, -0.25) is 9.88 Å². The number of rotatable bonds is 10. The van der Waals surface area contributed by atoms with Crippen molar-refractivity contribution < 1.29 is 9.47 Å². The molecule has 180 valence electrons. The quantitative estimate of drug-likeness (QED) is 0.422. The molecule has 2 aliphatic heterocycles. The molecule has 2 fully saturated rings. The van der Waals surface area contributed by atoms with Gasteiger partial charge < -0.3 is 24.3 Å². The molecule has 1 N–H and O–H groups in total. The Labute approximate surface area is 203 Å². The fourth-order valence-corrected chi connectivity index (χ4v) is 5.44. The lowest BCUT2D eigenvalue weighted by molar-refractivity contribution is 0.0369. The third-order valence-electron chi connectivity index (χ3n) is 6.84. The number of methoxy groups -OCH3 is 1. The maximum atomic E-state index is 5.79. The van der Waals surface area contributed by atoms with Crippen molar-refractivity contribution >= 4 is 17.3 Å². The van der Waals surface area contributed by atoms with Gasteiger partial charge in [-0.05, 0) is 62.7 Å². The standard InChI is InChI=1S/C25H37N5O2S/c1-19-18-21(20(2)29(19)11-6-10-28-13-16-32-17-14-28)24-23(22-8-4-5-9-26-22)27-25(33)30(24)12-7-15-31-3/h4-5,8-9,18,23-24H,6-7,10-17H2,1-3H3,(H,27,33)/t23-,24-/m0/s1. The molecule has 8 heteroatoms. The number of aromatic nitrogens is 2. The second kappa shape index (κ2) is 11.4. The number of thiocarbonyl (C=S) groups is 1. The fourth-order valence-electron chi connectivity index (χ4n) is 5.11. The minimum atomic E-state index is 0.0311. The third-order valence-corrected chi connectivity index (χ3v) is 7.19. The molecule has 2 aromatic rings. The Bertz CT molecular complexity index is 913. The molecule has 0 spiro atoms. The van der Waals surface area contributed by atoms with Crippen molar-refractivity contribution in [1.29, 1.82) is 0 Å². The molecule has 0 radical (unpaired) electrons. The summed E-state index contributed by atoms with van der Waals surface area (Å²) in [6.45, 7) is 12.0.